The summed E-state index contributed by atoms with van der Waals surface area (Å²) < 4.78 is 10.5. The molecule has 7 heteroatoms. The van der Waals surface area contributed by atoms with Crippen molar-refractivity contribution in [1.82, 2.24) is 10.2 Å². The Labute approximate surface area is 144 Å². The van der Waals surface area contributed by atoms with Crippen LogP contribution in [0.1, 0.15) is 36.1 Å². The van der Waals surface area contributed by atoms with E-state index in [0.717, 1.165) is 12.8 Å². The van der Waals surface area contributed by atoms with Gasteiger partial charge >= 0.3 is 0 Å². The molecule has 2 aromatic rings. The van der Waals surface area contributed by atoms with Gasteiger partial charge in [-0.15, -0.1) is 11.8 Å². The first-order valence-corrected chi connectivity index (χ1v) is 9.03. The molecule has 1 aliphatic rings. The first kappa shape index (κ1) is 16.7. The summed E-state index contributed by atoms with van der Waals surface area (Å²) in [4.78, 5) is 27.0. The van der Waals surface area contributed by atoms with E-state index in [1.807, 2.05) is 0 Å². The molecule has 2 unspecified atom stereocenters. The molecule has 0 bridgehead atoms. The fourth-order valence-electron chi connectivity index (χ4n) is 2.74. The largest absolute Gasteiger partial charge is 0.467 e. The summed E-state index contributed by atoms with van der Waals surface area (Å²) in [7, 11) is 0. The van der Waals surface area contributed by atoms with E-state index in [1.54, 1.807) is 47.2 Å². The Balaban J connectivity index is 1.72. The molecular formula is C17H20N2O4S. The third kappa shape index (κ3) is 3.51. The summed E-state index contributed by atoms with van der Waals surface area (Å²) in [6.07, 6.45) is 4.83. The van der Waals surface area contributed by atoms with Crippen LogP contribution in [0.2, 0.25) is 0 Å². The summed E-state index contributed by atoms with van der Waals surface area (Å²) in [6, 6.07) is 6.38. The minimum absolute atomic E-state index is 0.00744. The van der Waals surface area contributed by atoms with Gasteiger partial charge in [-0.1, -0.05) is 13.3 Å². The zero-order valence-corrected chi connectivity index (χ0v) is 14.3. The molecule has 1 N–H and O–H groups in total. The Morgan fingerprint density at radius 1 is 1.29 bits per heavy atom. The Bertz CT molecular complexity index is 669. The highest BCUT2D eigenvalue weighted by molar-refractivity contribution is 8.00. The molecule has 1 fully saturated rings. The average Bonchev–Trinajstić information content (AvgIpc) is 3.32. The number of carbonyl (C=O) groups excluding carboxylic acids is 2. The first-order valence-electron chi connectivity index (χ1n) is 7.98. The molecule has 6 nitrogen and oxygen atoms in total. The maximum atomic E-state index is 12.8. The third-order valence-electron chi connectivity index (χ3n) is 3.91. The summed E-state index contributed by atoms with van der Waals surface area (Å²) >= 11 is 1.64. The van der Waals surface area contributed by atoms with Crippen molar-refractivity contribution in [3.63, 3.8) is 0 Å². The van der Waals surface area contributed by atoms with Crippen molar-refractivity contribution in [2.45, 2.75) is 37.7 Å². The van der Waals surface area contributed by atoms with Crippen molar-refractivity contribution in [3.8, 4) is 0 Å². The number of amides is 2. The second kappa shape index (κ2) is 7.61. The maximum Gasteiger partial charge on any atom is 0.291 e. The SMILES string of the molecule is CCCC1SCC(C(=O)NCc2ccco2)N1C(=O)c1ccco1. The number of furan rings is 2. The lowest BCUT2D eigenvalue weighted by Gasteiger charge is -2.27. The van der Waals surface area contributed by atoms with Gasteiger partial charge in [-0.05, 0) is 30.7 Å². The maximum absolute atomic E-state index is 12.8. The third-order valence-corrected chi connectivity index (χ3v) is 5.27. The van der Waals surface area contributed by atoms with Crippen LogP contribution in [0.25, 0.3) is 0 Å². The van der Waals surface area contributed by atoms with E-state index in [2.05, 4.69) is 12.2 Å². The fraction of sp³-hybridized carbons (Fsp3) is 0.412. The number of thioether (sulfide) groups is 1. The quantitative estimate of drug-likeness (QED) is 0.869. The Kier molecular flexibility index (Phi) is 5.30. The van der Waals surface area contributed by atoms with Crippen LogP contribution in [0.4, 0.5) is 0 Å². The smallest absolute Gasteiger partial charge is 0.291 e. The minimum atomic E-state index is -0.501. The van der Waals surface area contributed by atoms with Gasteiger partial charge in [-0.3, -0.25) is 9.59 Å². The molecule has 1 aliphatic heterocycles. The lowest BCUT2D eigenvalue weighted by molar-refractivity contribution is -0.125. The monoisotopic (exact) mass is 348 g/mol. The second-order valence-electron chi connectivity index (χ2n) is 5.58. The fourth-order valence-corrected chi connectivity index (χ4v) is 4.26. The molecular weight excluding hydrogens is 328 g/mol. The molecule has 0 radical (unpaired) electrons. The van der Waals surface area contributed by atoms with Gasteiger partial charge in [-0.25, -0.2) is 0 Å². The van der Waals surface area contributed by atoms with E-state index in [4.69, 9.17) is 8.83 Å². The van der Waals surface area contributed by atoms with Crippen molar-refractivity contribution in [2.24, 2.45) is 0 Å². The van der Waals surface area contributed by atoms with Gasteiger partial charge in [0.15, 0.2) is 5.76 Å². The van der Waals surface area contributed by atoms with Crippen molar-refractivity contribution >= 4 is 23.6 Å². The number of nitrogens with zero attached hydrogens (tertiary/aromatic N) is 1. The Morgan fingerprint density at radius 2 is 2.08 bits per heavy atom. The van der Waals surface area contributed by atoms with Crippen LogP contribution < -0.4 is 5.32 Å². The van der Waals surface area contributed by atoms with Gasteiger partial charge in [0, 0.05) is 5.75 Å². The van der Waals surface area contributed by atoms with Gasteiger partial charge in [0.1, 0.15) is 11.8 Å². The lowest BCUT2D eigenvalue weighted by Crippen LogP contribution is -2.49. The van der Waals surface area contributed by atoms with Crippen LogP contribution in [0, 0.1) is 0 Å². The van der Waals surface area contributed by atoms with Gasteiger partial charge in [0.05, 0.1) is 24.4 Å². The molecule has 24 heavy (non-hydrogen) atoms. The van der Waals surface area contributed by atoms with E-state index in [-0.39, 0.29) is 22.9 Å². The highest BCUT2D eigenvalue weighted by Crippen LogP contribution is 2.33. The zero-order valence-electron chi connectivity index (χ0n) is 13.4. The van der Waals surface area contributed by atoms with Crippen LogP contribution in [-0.2, 0) is 11.3 Å². The lowest BCUT2D eigenvalue weighted by atomic mass is 10.2. The molecule has 3 rings (SSSR count). The molecule has 0 aromatic carbocycles. The van der Waals surface area contributed by atoms with Gasteiger partial charge in [0.2, 0.25) is 5.91 Å². The molecule has 0 saturated carbocycles. The molecule has 128 valence electrons. The van der Waals surface area contributed by atoms with E-state index in [0.29, 0.717) is 18.1 Å². The molecule has 3 heterocycles. The van der Waals surface area contributed by atoms with E-state index in [9.17, 15) is 9.59 Å². The normalized spacial score (nSPS) is 20.3. The highest BCUT2D eigenvalue weighted by atomic mass is 32.2. The molecule has 1 saturated heterocycles. The number of rotatable bonds is 6. The van der Waals surface area contributed by atoms with Gasteiger partial charge in [-0.2, -0.15) is 0 Å². The zero-order chi connectivity index (χ0) is 16.9. The van der Waals surface area contributed by atoms with E-state index < -0.39 is 6.04 Å². The summed E-state index contributed by atoms with van der Waals surface area (Å²) in [5, 5.41) is 2.84. The Hall–Kier alpha value is -2.15. The summed E-state index contributed by atoms with van der Waals surface area (Å²) in [5.74, 6) is 1.13. The van der Waals surface area contributed by atoms with Crippen molar-refractivity contribution < 1.29 is 18.4 Å². The molecule has 2 aromatic heterocycles. The Morgan fingerprint density at radius 3 is 2.75 bits per heavy atom. The van der Waals surface area contributed by atoms with Crippen molar-refractivity contribution in [2.75, 3.05) is 5.75 Å². The second-order valence-corrected chi connectivity index (χ2v) is 6.79. The van der Waals surface area contributed by atoms with Crippen molar-refractivity contribution in [3.05, 3.63) is 48.3 Å². The topological polar surface area (TPSA) is 75.7 Å². The van der Waals surface area contributed by atoms with E-state index in [1.165, 1.54) is 6.26 Å². The van der Waals surface area contributed by atoms with Crippen LogP contribution in [0.3, 0.4) is 0 Å². The van der Waals surface area contributed by atoms with Crippen LogP contribution in [-0.4, -0.2) is 33.9 Å². The average molecular weight is 348 g/mol. The first-order chi connectivity index (χ1) is 11.7. The summed E-state index contributed by atoms with van der Waals surface area (Å²) in [5.41, 5.74) is 0. The molecule has 0 spiro atoms. The number of nitrogens with one attached hydrogen (secondary N) is 1. The van der Waals surface area contributed by atoms with Crippen LogP contribution >= 0.6 is 11.8 Å². The summed E-state index contributed by atoms with van der Waals surface area (Å²) in [6.45, 7) is 2.38. The van der Waals surface area contributed by atoms with Gasteiger partial charge < -0.3 is 19.1 Å². The molecule has 2 amide bonds. The highest BCUT2D eigenvalue weighted by Gasteiger charge is 2.42. The van der Waals surface area contributed by atoms with E-state index >= 15 is 0 Å². The number of carbonyl (C=O) groups is 2. The van der Waals surface area contributed by atoms with Crippen LogP contribution in [0.15, 0.2) is 45.6 Å². The van der Waals surface area contributed by atoms with Crippen molar-refractivity contribution in [1.29, 1.82) is 0 Å². The molecule has 0 aliphatic carbocycles. The number of hydrogen-bond acceptors (Lipinski definition) is 5. The standard InChI is InChI=1S/C17H20N2O4S/c1-2-5-15-19(17(21)14-7-4-9-23-14)13(11-24-15)16(20)18-10-12-6-3-8-22-12/h3-4,6-9,13,15H,2,5,10-11H2,1H3,(H,18,20). The predicted octanol–water partition coefficient (Wildman–Crippen LogP) is 2.87. The predicted molar refractivity (Wildman–Crippen MR) is 90.4 cm³/mol. The number of hydrogen-bond donors (Lipinski definition) is 1. The van der Waals surface area contributed by atoms with Crippen LogP contribution in [0.5, 0.6) is 0 Å². The minimum Gasteiger partial charge on any atom is -0.467 e. The van der Waals surface area contributed by atoms with Gasteiger partial charge in [0.25, 0.3) is 5.91 Å². The molecule has 2 atom stereocenters.